The molecule has 2 aromatic rings. The Morgan fingerprint density at radius 2 is 2.40 bits per heavy atom. The van der Waals surface area contributed by atoms with Crippen LogP contribution in [0.15, 0.2) is 22.6 Å². The summed E-state index contributed by atoms with van der Waals surface area (Å²) in [5.41, 5.74) is 1.14. The molecule has 0 aliphatic carbocycles. The Bertz CT molecular complexity index is 506. The molecule has 0 saturated heterocycles. The normalized spacial score (nSPS) is 10.7. The van der Waals surface area contributed by atoms with Crippen LogP contribution in [0, 0.1) is 0 Å². The van der Waals surface area contributed by atoms with Gasteiger partial charge in [-0.1, -0.05) is 6.07 Å². The van der Waals surface area contributed by atoms with Crippen LogP contribution in [0.5, 0.6) is 0 Å². The van der Waals surface area contributed by atoms with Crippen LogP contribution in [0.4, 0.5) is 0 Å². The largest absolute Gasteiger partial charge is 0.478 e. The molecule has 1 N–H and O–H groups in total. The Morgan fingerprint density at radius 1 is 1.60 bits per heavy atom. The van der Waals surface area contributed by atoms with Crippen molar-refractivity contribution in [2.75, 3.05) is 6.26 Å². The smallest absolute Gasteiger partial charge is 0.338 e. The maximum atomic E-state index is 10.9. The Labute approximate surface area is 90.3 Å². The number of hydrogen-bond acceptors (Lipinski definition) is 4. The third-order valence-corrected chi connectivity index (χ3v) is 2.50. The highest BCUT2D eigenvalue weighted by molar-refractivity contribution is 7.97. The second-order valence-electron chi connectivity index (χ2n) is 3.00. The van der Waals surface area contributed by atoms with Gasteiger partial charge in [-0.2, -0.15) is 11.8 Å². The summed E-state index contributed by atoms with van der Waals surface area (Å²) < 4.78 is 5.40. The van der Waals surface area contributed by atoms with Gasteiger partial charge in [0.1, 0.15) is 5.52 Å². The van der Waals surface area contributed by atoms with Gasteiger partial charge in [-0.3, -0.25) is 0 Å². The molecule has 2 rings (SSSR count). The molecule has 0 aliphatic heterocycles. The number of oxazole rings is 1. The summed E-state index contributed by atoms with van der Waals surface area (Å²) in [6.45, 7) is 0. The minimum absolute atomic E-state index is 0.184. The van der Waals surface area contributed by atoms with Crippen molar-refractivity contribution in [2.45, 2.75) is 5.75 Å². The molecule has 1 aromatic heterocycles. The van der Waals surface area contributed by atoms with E-state index in [4.69, 9.17) is 9.52 Å². The molecule has 0 fully saturated rings. The number of benzene rings is 1. The van der Waals surface area contributed by atoms with E-state index in [1.54, 1.807) is 23.9 Å². The molecule has 4 nitrogen and oxygen atoms in total. The molecule has 0 bridgehead atoms. The highest BCUT2D eigenvalue weighted by Gasteiger charge is 2.13. The van der Waals surface area contributed by atoms with Crippen LogP contribution < -0.4 is 0 Å². The topological polar surface area (TPSA) is 63.3 Å². The molecular formula is C10H9NO3S. The van der Waals surface area contributed by atoms with Crippen LogP contribution >= 0.6 is 11.8 Å². The lowest BCUT2D eigenvalue weighted by molar-refractivity contribution is 0.0699. The van der Waals surface area contributed by atoms with Crippen LogP contribution in [0.3, 0.4) is 0 Å². The summed E-state index contributed by atoms with van der Waals surface area (Å²) in [6, 6.07) is 4.90. The van der Waals surface area contributed by atoms with E-state index in [1.165, 1.54) is 6.07 Å². The van der Waals surface area contributed by atoms with Gasteiger partial charge in [0.2, 0.25) is 5.89 Å². The van der Waals surface area contributed by atoms with Crippen LogP contribution in [-0.2, 0) is 5.75 Å². The zero-order valence-corrected chi connectivity index (χ0v) is 8.87. The van der Waals surface area contributed by atoms with Crippen molar-refractivity contribution in [3.63, 3.8) is 0 Å². The Morgan fingerprint density at radius 3 is 3.07 bits per heavy atom. The van der Waals surface area contributed by atoms with Crippen LogP contribution in [-0.4, -0.2) is 22.3 Å². The molecule has 1 heterocycles. The number of carboxylic acids is 1. The van der Waals surface area contributed by atoms with Gasteiger partial charge < -0.3 is 9.52 Å². The van der Waals surface area contributed by atoms with Gasteiger partial charge in [-0.25, -0.2) is 9.78 Å². The monoisotopic (exact) mass is 223 g/mol. The summed E-state index contributed by atoms with van der Waals surface area (Å²) in [5.74, 6) is 0.226. The number of nitrogens with zero attached hydrogens (tertiary/aromatic N) is 1. The van der Waals surface area contributed by atoms with Crippen LogP contribution in [0.2, 0.25) is 0 Å². The molecule has 0 aliphatic rings. The van der Waals surface area contributed by atoms with E-state index >= 15 is 0 Å². The van der Waals surface area contributed by atoms with Crippen LogP contribution in [0.25, 0.3) is 11.1 Å². The highest BCUT2D eigenvalue weighted by Crippen LogP contribution is 2.21. The fraction of sp³-hybridized carbons (Fsp3) is 0.200. The molecule has 5 heteroatoms. The first-order valence-corrected chi connectivity index (χ1v) is 5.72. The van der Waals surface area contributed by atoms with Crippen molar-refractivity contribution < 1.29 is 14.3 Å². The predicted octanol–water partition coefficient (Wildman–Crippen LogP) is 2.39. The van der Waals surface area contributed by atoms with Gasteiger partial charge in [0.25, 0.3) is 0 Å². The quantitative estimate of drug-likeness (QED) is 0.865. The SMILES string of the molecule is CSCc1nc2c(C(=O)O)cccc2o1. The number of fused-ring (bicyclic) bond motifs is 1. The second kappa shape index (κ2) is 3.94. The fourth-order valence-corrected chi connectivity index (χ4v) is 1.72. The first kappa shape index (κ1) is 10.0. The zero-order valence-electron chi connectivity index (χ0n) is 8.06. The standard InChI is InChI=1S/C10H9NO3S/c1-15-5-8-11-9-6(10(12)13)3-2-4-7(9)14-8/h2-4H,5H2,1H3,(H,12,13). The molecule has 0 amide bonds. The Kier molecular flexibility index (Phi) is 2.64. The molecule has 0 unspecified atom stereocenters. The summed E-state index contributed by atoms with van der Waals surface area (Å²) >= 11 is 1.58. The second-order valence-corrected chi connectivity index (χ2v) is 3.86. The third kappa shape index (κ3) is 1.83. The van der Waals surface area contributed by atoms with Gasteiger partial charge in [0.05, 0.1) is 11.3 Å². The number of aromatic nitrogens is 1. The number of carbonyl (C=O) groups is 1. The van der Waals surface area contributed by atoms with Crippen molar-refractivity contribution in [1.82, 2.24) is 4.98 Å². The number of aromatic carboxylic acids is 1. The van der Waals surface area contributed by atoms with E-state index in [-0.39, 0.29) is 5.56 Å². The van der Waals surface area contributed by atoms with Crippen molar-refractivity contribution >= 4 is 28.8 Å². The molecule has 78 valence electrons. The molecule has 0 atom stereocenters. The van der Waals surface area contributed by atoms with Gasteiger partial charge in [0.15, 0.2) is 5.58 Å². The number of thioether (sulfide) groups is 1. The van der Waals surface area contributed by atoms with Gasteiger partial charge >= 0.3 is 5.97 Å². The predicted molar refractivity (Wildman–Crippen MR) is 58.2 cm³/mol. The first-order chi connectivity index (χ1) is 7.22. The summed E-state index contributed by atoms with van der Waals surface area (Å²) in [5, 5.41) is 8.94. The number of para-hydroxylation sites is 1. The number of carboxylic acid groups (broad SMARTS) is 1. The van der Waals surface area contributed by atoms with E-state index < -0.39 is 5.97 Å². The number of rotatable bonds is 3. The fourth-order valence-electron chi connectivity index (χ4n) is 1.35. The molecular weight excluding hydrogens is 214 g/mol. The third-order valence-electron chi connectivity index (χ3n) is 1.96. The van der Waals surface area contributed by atoms with Crippen LogP contribution in [0.1, 0.15) is 16.2 Å². The van der Waals surface area contributed by atoms with Crippen molar-refractivity contribution in [2.24, 2.45) is 0 Å². The van der Waals surface area contributed by atoms with Crippen molar-refractivity contribution in [3.05, 3.63) is 29.7 Å². The highest BCUT2D eigenvalue weighted by atomic mass is 32.2. The lowest BCUT2D eigenvalue weighted by atomic mass is 10.2. The molecule has 0 saturated carbocycles. The lowest BCUT2D eigenvalue weighted by Crippen LogP contribution is -1.96. The molecule has 15 heavy (non-hydrogen) atoms. The first-order valence-electron chi connectivity index (χ1n) is 4.33. The van der Waals surface area contributed by atoms with Gasteiger partial charge in [-0.15, -0.1) is 0 Å². The molecule has 0 spiro atoms. The van der Waals surface area contributed by atoms with E-state index in [2.05, 4.69) is 4.98 Å². The number of hydrogen-bond donors (Lipinski definition) is 1. The minimum atomic E-state index is -0.982. The summed E-state index contributed by atoms with van der Waals surface area (Å²) in [6.07, 6.45) is 1.94. The van der Waals surface area contributed by atoms with E-state index in [0.29, 0.717) is 22.7 Å². The lowest BCUT2D eigenvalue weighted by Gasteiger charge is -1.92. The zero-order chi connectivity index (χ0) is 10.8. The van der Waals surface area contributed by atoms with E-state index in [9.17, 15) is 4.79 Å². The summed E-state index contributed by atoms with van der Waals surface area (Å²) in [7, 11) is 0. The maximum absolute atomic E-state index is 10.9. The molecule has 0 radical (unpaired) electrons. The molecule has 1 aromatic carbocycles. The van der Waals surface area contributed by atoms with E-state index in [0.717, 1.165) is 0 Å². The van der Waals surface area contributed by atoms with E-state index in [1.807, 2.05) is 6.26 Å². The van der Waals surface area contributed by atoms with Gasteiger partial charge in [0, 0.05) is 0 Å². The average Bonchev–Trinajstić information content (AvgIpc) is 2.59. The van der Waals surface area contributed by atoms with Gasteiger partial charge in [-0.05, 0) is 18.4 Å². The van der Waals surface area contributed by atoms with Crippen molar-refractivity contribution in [3.8, 4) is 0 Å². The summed E-state index contributed by atoms with van der Waals surface area (Å²) in [4.78, 5) is 15.1. The Hall–Kier alpha value is -1.49. The maximum Gasteiger partial charge on any atom is 0.338 e. The van der Waals surface area contributed by atoms with Crippen molar-refractivity contribution in [1.29, 1.82) is 0 Å². The Balaban J connectivity index is 2.59. The average molecular weight is 223 g/mol. The minimum Gasteiger partial charge on any atom is -0.478 e.